The van der Waals surface area contributed by atoms with Crippen LogP contribution < -0.4 is 0 Å². The molecule has 1 aliphatic heterocycles. The number of nitro groups is 1. The topological polar surface area (TPSA) is 63.5 Å². The maximum absolute atomic E-state index is 13.0. The molecule has 1 saturated carbocycles. The Morgan fingerprint density at radius 3 is 2.48 bits per heavy atom. The lowest BCUT2D eigenvalue weighted by atomic mass is 9.83. The van der Waals surface area contributed by atoms with E-state index in [0.29, 0.717) is 12.0 Å². The van der Waals surface area contributed by atoms with Crippen LogP contribution in [-0.2, 0) is 4.79 Å². The van der Waals surface area contributed by atoms with E-state index in [1.807, 2.05) is 6.92 Å². The van der Waals surface area contributed by atoms with Crippen molar-refractivity contribution in [2.45, 2.75) is 68.1 Å². The quantitative estimate of drug-likeness (QED) is 0.435. The zero-order chi connectivity index (χ0) is 17.8. The normalized spacial score (nSPS) is 22.8. The molecule has 0 spiro atoms. The van der Waals surface area contributed by atoms with Crippen molar-refractivity contribution >= 4 is 23.4 Å². The number of rotatable bonds is 5. The van der Waals surface area contributed by atoms with Crippen molar-refractivity contribution in [1.82, 2.24) is 4.90 Å². The molecular weight excluding hydrogens is 336 g/mol. The van der Waals surface area contributed by atoms with E-state index in [1.54, 1.807) is 12.1 Å². The number of hydrogen-bond donors (Lipinski definition) is 0. The van der Waals surface area contributed by atoms with Gasteiger partial charge < -0.3 is 4.90 Å². The average Bonchev–Trinajstić information content (AvgIpc) is 3.12. The third-order valence-electron chi connectivity index (χ3n) is 5.48. The Morgan fingerprint density at radius 2 is 1.84 bits per heavy atom. The minimum Gasteiger partial charge on any atom is -0.338 e. The lowest BCUT2D eigenvalue weighted by Crippen LogP contribution is -2.44. The molecule has 0 unspecified atom stereocenters. The molecule has 1 saturated heterocycles. The molecule has 2 fully saturated rings. The molecule has 2 atom stereocenters. The second-order valence-corrected chi connectivity index (χ2v) is 8.56. The molecule has 2 aliphatic rings. The Hall–Kier alpha value is -1.56. The number of hydrogen-bond acceptors (Lipinski definition) is 4. The van der Waals surface area contributed by atoms with Gasteiger partial charge in [0.25, 0.3) is 5.69 Å². The first-order valence-corrected chi connectivity index (χ1v) is 10.2. The van der Waals surface area contributed by atoms with Crippen molar-refractivity contribution < 1.29 is 9.72 Å². The van der Waals surface area contributed by atoms with Gasteiger partial charge in [0, 0.05) is 29.6 Å². The first-order chi connectivity index (χ1) is 12.1. The van der Waals surface area contributed by atoms with Gasteiger partial charge in [-0.25, -0.2) is 0 Å². The summed E-state index contributed by atoms with van der Waals surface area (Å²) in [6, 6.07) is 6.89. The van der Waals surface area contributed by atoms with Crippen molar-refractivity contribution in [1.29, 1.82) is 0 Å². The number of non-ortho nitro benzene ring substituents is 1. The van der Waals surface area contributed by atoms with Gasteiger partial charge in [-0.3, -0.25) is 14.9 Å². The molecule has 1 amide bonds. The molecule has 0 N–H and O–H groups in total. The summed E-state index contributed by atoms with van der Waals surface area (Å²) in [7, 11) is 0. The van der Waals surface area contributed by atoms with E-state index in [4.69, 9.17) is 0 Å². The van der Waals surface area contributed by atoms with Gasteiger partial charge >= 0.3 is 0 Å². The third kappa shape index (κ3) is 4.35. The predicted octanol–water partition coefficient (Wildman–Crippen LogP) is 4.65. The Labute approximate surface area is 153 Å². The minimum absolute atomic E-state index is 0.0836. The summed E-state index contributed by atoms with van der Waals surface area (Å²) in [4.78, 5) is 26.3. The fraction of sp³-hybridized carbons (Fsp3) is 0.632. The Morgan fingerprint density at radius 1 is 1.16 bits per heavy atom. The molecule has 1 aromatic carbocycles. The molecule has 136 valence electrons. The maximum atomic E-state index is 13.0. The van der Waals surface area contributed by atoms with Crippen molar-refractivity contribution in [2.24, 2.45) is 5.92 Å². The van der Waals surface area contributed by atoms with Gasteiger partial charge in [0.05, 0.1) is 10.2 Å². The minimum atomic E-state index is -0.401. The Balaban J connectivity index is 1.61. The van der Waals surface area contributed by atoms with Crippen LogP contribution in [0.1, 0.15) is 51.9 Å². The van der Waals surface area contributed by atoms with Gasteiger partial charge in [-0.2, -0.15) is 0 Å². The first kappa shape index (κ1) is 18.2. The molecule has 0 bridgehead atoms. The standard InChI is InChI=1S/C19H26N2O3S/c1-14(25-17-11-9-16(10-12-17)21(23)24)19(22)20-13-5-8-18(20)15-6-3-2-4-7-15/h9-12,14-15,18H,2-8,13H2,1H3/t14-,18+/m1/s1. The van der Waals surface area contributed by atoms with Crippen LogP contribution in [0.2, 0.25) is 0 Å². The average molecular weight is 362 g/mol. The van der Waals surface area contributed by atoms with Crippen molar-refractivity contribution in [3.05, 3.63) is 34.4 Å². The Bertz CT molecular complexity index is 614. The molecule has 1 aromatic rings. The van der Waals surface area contributed by atoms with Crippen LogP contribution in [-0.4, -0.2) is 33.6 Å². The van der Waals surface area contributed by atoms with E-state index >= 15 is 0 Å². The van der Waals surface area contributed by atoms with Crippen molar-refractivity contribution in [2.75, 3.05) is 6.54 Å². The summed E-state index contributed by atoms with van der Waals surface area (Å²) < 4.78 is 0. The molecular formula is C19H26N2O3S. The van der Waals surface area contributed by atoms with Gasteiger partial charge in [0.1, 0.15) is 0 Å². The number of nitrogens with zero attached hydrogens (tertiary/aromatic N) is 2. The number of thioether (sulfide) groups is 1. The van der Waals surface area contributed by atoms with Crippen molar-refractivity contribution in [3.8, 4) is 0 Å². The zero-order valence-corrected chi connectivity index (χ0v) is 15.5. The summed E-state index contributed by atoms with van der Waals surface area (Å²) in [5.41, 5.74) is 0.0836. The van der Waals surface area contributed by atoms with Crippen LogP contribution in [0, 0.1) is 16.0 Å². The number of likely N-dealkylation sites (tertiary alicyclic amines) is 1. The molecule has 3 rings (SSSR count). The van der Waals surface area contributed by atoms with Crippen LogP contribution in [0.25, 0.3) is 0 Å². The van der Waals surface area contributed by atoms with Crippen LogP contribution >= 0.6 is 11.8 Å². The summed E-state index contributed by atoms with van der Waals surface area (Å²) in [6.45, 7) is 2.83. The number of benzene rings is 1. The number of carbonyl (C=O) groups excluding carboxylic acids is 1. The van der Waals surface area contributed by atoms with E-state index in [-0.39, 0.29) is 16.8 Å². The molecule has 25 heavy (non-hydrogen) atoms. The summed E-state index contributed by atoms with van der Waals surface area (Å²) in [5.74, 6) is 0.896. The lowest BCUT2D eigenvalue weighted by Gasteiger charge is -2.35. The molecule has 6 heteroatoms. The number of carbonyl (C=O) groups is 1. The highest BCUT2D eigenvalue weighted by Crippen LogP contribution is 2.36. The summed E-state index contributed by atoms with van der Waals surface area (Å²) in [6.07, 6.45) is 8.72. The van der Waals surface area contributed by atoms with Crippen LogP contribution in [0.5, 0.6) is 0 Å². The van der Waals surface area contributed by atoms with E-state index in [9.17, 15) is 14.9 Å². The zero-order valence-electron chi connectivity index (χ0n) is 14.7. The van der Waals surface area contributed by atoms with Gasteiger partial charge in [-0.1, -0.05) is 19.3 Å². The lowest BCUT2D eigenvalue weighted by molar-refractivity contribution is -0.384. The van der Waals surface area contributed by atoms with Gasteiger partial charge in [-0.05, 0) is 50.7 Å². The van der Waals surface area contributed by atoms with Gasteiger partial charge in [0.2, 0.25) is 5.91 Å². The third-order valence-corrected chi connectivity index (χ3v) is 6.58. The van der Waals surface area contributed by atoms with Crippen LogP contribution in [0.3, 0.4) is 0 Å². The monoisotopic (exact) mass is 362 g/mol. The highest BCUT2D eigenvalue weighted by atomic mass is 32.2. The highest BCUT2D eigenvalue weighted by Gasteiger charge is 2.36. The maximum Gasteiger partial charge on any atom is 0.269 e. The fourth-order valence-electron chi connectivity index (χ4n) is 4.21. The van der Waals surface area contributed by atoms with E-state index < -0.39 is 4.92 Å². The molecule has 1 aliphatic carbocycles. The van der Waals surface area contributed by atoms with Gasteiger partial charge in [-0.15, -0.1) is 11.8 Å². The predicted molar refractivity (Wildman–Crippen MR) is 99.7 cm³/mol. The van der Waals surface area contributed by atoms with Gasteiger partial charge in [0.15, 0.2) is 0 Å². The highest BCUT2D eigenvalue weighted by molar-refractivity contribution is 8.00. The summed E-state index contributed by atoms with van der Waals surface area (Å²) >= 11 is 1.49. The second-order valence-electron chi connectivity index (χ2n) is 7.15. The second kappa shape index (κ2) is 8.21. The number of amides is 1. The molecule has 5 nitrogen and oxygen atoms in total. The van der Waals surface area contributed by atoms with Crippen LogP contribution in [0.4, 0.5) is 5.69 Å². The first-order valence-electron chi connectivity index (χ1n) is 9.28. The fourth-order valence-corrected chi connectivity index (χ4v) is 5.15. The van der Waals surface area contributed by atoms with E-state index in [1.165, 1.54) is 56.0 Å². The SMILES string of the molecule is C[C@@H](Sc1ccc([N+](=O)[O-])cc1)C(=O)N1CCC[C@H]1C1CCCCC1. The van der Waals surface area contributed by atoms with Crippen molar-refractivity contribution in [3.63, 3.8) is 0 Å². The number of nitro benzene ring substituents is 1. The smallest absolute Gasteiger partial charge is 0.269 e. The van der Waals surface area contributed by atoms with E-state index in [2.05, 4.69) is 4.90 Å². The van der Waals surface area contributed by atoms with Crippen LogP contribution in [0.15, 0.2) is 29.2 Å². The summed E-state index contributed by atoms with van der Waals surface area (Å²) in [5, 5.41) is 10.6. The molecule has 1 heterocycles. The Kier molecular flexibility index (Phi) is 5.99. The van der Waals surface area contributed by atoms with E-state index in [0.717, 1.165) is 24.3 Å². The largest absolute Gasteiger partial charge is 0.338 e. The molecule has 0 radical (unpaired) electrons. The molecule has 0 aromatic heterocycles.